The van der Waals surface area contributed by atoms with Crippen LogP contribution in [0.5, 0.6) is 0 Å². The molecule has 1 fully saturated rings. The van der Waals surface area contributed by atoms with E-state index >= 15 is 0 Å². The van der Waals surface area contributed by atoms with Gasteiger partial charge in [0.05, 0.1) is 46.4 Å². The van der Waals surface area contributed by atoms with E-state index in [1.807, 2.05) is 145 Å². The maximum atomic E-state index is 13.2. The molecule has 0 bridgehead atoms. The smallest absolute Gasteiger partial charge is 0.319 e. The molecular formula is C64H73NO12S3. The molecule has 424 valence electrons. The molecule has 13 nitrogen and oxygen atoms in total. The molecule has 16 heteroatoms. The van der Waals surface area contributed by atoms with Crippen LogP contribution in [-0.2, 0) is 80.5 Å². The van der Waals surface area contributed by atoms with Crippen LogP contribution in [0.1, 0.15) is 99.2 Å². The van der Waals surface area contributed by atoms with E-state index in [9.17, 15) is 21.6 Å². The summed E-state index contributed by atoms with van der Waals surface area (Å²) in [4.78, 5) is 18.2. The Hall–Kier alpha value is -6.44. The average molecular weight is 1140 g/mol. The van der Waals surface area contributed by atoms with Gasteiger partial charge in [0.1, 0.15) is 16.0 Å². The van der Waals surface area contributed by atoms with Crippen molar-refractivity contribution in [2.24, 2.45) is 0 Å². The molecule has 0 radical (unpaired) electrons. The van der Waals surface area contributed by atoms with Gasteiger partial charge in [0.15, 0.2) is 11.6 Å². The number of benzene rings is 6. The second-order valence-corrected chi connectivity index (χ2v) is 23.9. The molecule has 1 saturated heterocycles. The van der Waals surface area contributed by atoms with Crippen LogP contribution in [-0.4, -0.2) is 73.0 Å². The molecule has 0 amide bonds. The van der Waals surface area contributed by atoms with Crippen molar-refractivity contribution in [3.63, 3.8) is 0 Å². The standard InChI is InChI=1S/C24H27NO2S.C21H26O5S.C19H20O5S/c1-6-17-11-13-18(14-12-17)15-16-24(5,22(26)27-23(2,3)4)21-25-19-9-7-8-10-20(19)28-21;1-4-18-12-14-20(15-13-18)27(22,23)26-17-16-21(24-5-2,25-6-3)19-10-8-7-9-11-19;1-2-16-8-10-18(11-9-16)25(20,21)24-13-12-19(22-14-15-23-19)17-6-4-3-5-7-17/h6-14H,1,15-16H2,2-5H3;4,7-15H,1,5-6,16-17H2,2-3H3;2-11H,1,12-15H2. The number of nitrogens with zero attached hydrogens (tertiary/aromatic N) is 1. The van der Waals surface area contributed by atoms with Crippen molar-refractivity contribution in [3.8, 4) is 0 Å². The Labute approximate surface area is 477 Å². The molecule has 0 saturated carbocycles. The largest absolute Gasteiger partial charge is 0.459 e. The number of para-hydroxylation sites is 1. The number of thiazole rings is 1. The van der Waals surface area contributed by atoms with Gasteiger partial charge in [-0.25, -0.2) is 4.98 Å². The molecule has 2 heterocycles. The highest BCUT2D eigenvalue weighted by Crippen LogP contribution is 2.38. The molecule has 6 aromatic carbocycles. The third-order valence-electron chi connectivity index (χ3n) is 12.8. The SMILES string of the molecule is C=Cc1ccc(CCC(C)(C(=O)OC(C)(C)C)c2nc3ccccc3s2)cc1.C=Cc1ccc(S(=O)(=O)OCCC(OCC)(OCC)c2ccccc2)cc1.C=Cc1ccc(S(=O)(=O)OCCC2(c3ccccc3)OCCO2)cc1. The monoisotopic (exact) mass is 1140 g/mol. The van der Waals surface area contributed by atoms with E-state index in [2.05, 4.69) is 31.9 Å². The van der Waals surface area contributed by atoms with Gasteiger partial charge < -0.3 is 23.7 Å². The summed E-state index contributed by atoms with van der Waals surface area (Å²) >= 11 is 1.57. The second-order valence-electron chi connectivity index (χ2n) is 19.7. The lowest BCUT2D eigenvalue weighted by Gasteiger charge is -2.33. The van der Waals surface area contributed by atoms with E-state index in [0.29, 0.717) is 32.8 Å². The zero-order valence-electron chi connectivity index (χ0n) is 46.5. The van der Waals surface area contributed by atoms with Crippen molar-refractivity contribution < 1.29 is 53.7 Å². The Balaban J connectivity index is 0.000000194. The number of esters is 1. The predicted molar refractivity (Wildman–Crippen MR) is 318 cm³/mol. The summed E-state index contributed by atoms with van der Waals surface area (Å²) in [5.74, 6) is -2.22. The van der Waals surface area contributed by atoms with Crippen molar-refractivity contribution in [3.05, 3.63) is 216 Å². The minimum Gasteiger partial charge on any atom is -0.459 e. The number of ether oxygens (including phenoxy) is 5. The summed E-state index contributed by atoms with van der Waals surface area (Å²) < 4.78 is 90.2. The van der Waals surface area contributed by atoms with Gasteiger partial charge in [-0.1, -0.05) is 159 Å². The first kappa shape index (κ1) is 62.8. The van der Waals surface area contributed by atoms with Gasteiger partial charge in [0.2, 0.25) is 0 Å². The summed E-state index contributed by atoms with van der Waals surface area (Å²) in [5, 5.41) is 0.811. The normalized spacial score (nSPS) is 14.1. The lowest BCUT2D eigenvalue weighted by atomic mass is 9.84. The van der Waals surface area contributed by atoms with Crippen molar-refractivity contribution in [1.82, 2.24) is 4.98 Å². The molecule has 1 atom stereocenters. The highest BCUT2D eigenvalue weighted by Gasteiger charge is 2.42. The van der Waals surface area contributed by atoms with Gasteiger partial charge >= 0.3 is 5.97 Å². The van der Waals surface area contributed by atoms with Crippen LogP contribution >= 0.6 is 11.3 Å². The number of carbonyl (C=O) groups is 1. The number of hydrogen-bond donors (Lipinski definition) is 0. The summed E-state index contributed by atoms with van der Waals surface area (Å²) in [6.07, 6.45) is 7.04. The van der Waals surface area contributed by atoms with Crippen molar-refractivity contribution in [2.45, 2.75) is 99.6 Å². The van der Waals surface area contributed by atoms with Crippen LogP contribution in [0.4, 0.5) is 0 Å². The molecular weight excluding hydrogens is 1070 g/mol. The number of aryl methyl sites for hydroxylation is 1. The van der Waals surface area contributed by atoms with E-state index in [-0.39, 0.29) is 41.8 Å². The molecule has 80 heavy (non-hydrogen) atoms. The lowest BCUT2D eigenvalue weighted by molar-refractivity contribution is -0.249. The fraction of sp³-hybridized carbons (Fsp3) is 0.312. The van der Waals surface area contributed by atoms with Gasteiger partial charge in [-0.2, -0.15) is 16.8 Å². The zero-order chi connectivity index (χ0) is 57.9. The van der Waals surface area contributed by atoms with E-state index < -0.39 is 42.8 Å². The Morgan fingerprint density at radius 2 is 1.10 bits per heavy atom. The van der Waals surface area contributed by atoms with Crippen molar-refractivity contribution >= 4 is 66.0 Å². The maximum absolute atomic E-state index is 13.2. The number of fused-ring (bicyclic) bond motifs is 1. The second kappa shape index (κ2) is 28.8. The third-order valence-corrected chi connectivity index (χ3v) is 16.8. The number of hydrogen-bond acceptors (Lipinski definition) is 14. The number of rotatable bonds is 24. The van der Waals surface area contributed by atoms with Crippen LogP contribution in [0.25, 0.3) is 28.4 Å². The van der Waals surface area contributed by atoms with Gasteiger partial charge in [-0.15, -0.1) is 11.3 Å². The highest BCUT2D eigenvalue weighted by molar-refractivity contribution is 7.87. The van der Waals surface area contributed by atoms with Crippen LogP contribution in [0.15, 0.2) is 187 Å². The summed E-state index contributed by atoms with van der Waals surface area (Å²) in [6.45, 7) is 24.2. The summed E-state index contributed by atoms with van der Waals surface area (Å²) in [5.41, 5.74) is 5.21. The molecule has 8 rings (SSSR count). The first-order valence-electron chi connectivity index (χ1n) is 26.5. The van der Waals surface area contributed by atoms with Crippen LogP contribution in [0.3, 0.4) is 0 Å². The van der Waals surface area contributed by atoms with E-state index in [1.54, 1.807) is 47.8 Å². The number of carbonyl (C=O) groups excluding carboxylic acids is 1. The third kappa shape index (κ3) is 17.0. The average Bonchev–Trinajstić information content (AvgIpc) is 4.22. The highest BCUT2D eigenvalue weighted by atomic mass is 32.2. The molecule has 7 aromatic rings. The Kier molecular flexibility index (Phi) is 22.6. The van der Waals surface area contributed by atoms with Crippen LogP contribution in [0, 0.1) is 0 Å². The van der Waals surface area contributed by atoms with Gasteiger partial charge in [0.25, 0.3) is 20.2 Å². The molecule has 0 N–H and O–H groups in total. The molecule has 0 aliphatic carbocycles. The van der Waals surface area contributed by atoms with E-state index in [1.165, 1.54) is 29.8 Å². The summed E-state index contributed by atoms with van der Waals surface area (Å²) in [7, 11) is -7.70. The van der Waals surface area contributed by atoms with Gasteiger partial charge in [-0.3, -0.25) is 13.2 Å². The molecule has 1 aliphatic heterocycles. The van der Waals surface area contributed by atoms with Crippen molar-refractivity contribution in [2.75, 3.05) is 39.6 Å². The van der Waals surface area contributed by atoms with Crippen LogP contribution in [0.2, 0.25) is 0 Å². The molecule has 0 spiro atoms. The fourth-order valence-corrected chi connectivity index (χ4v) is 11.5. The Morgan fingerprint density at radius 3 is 1.59 bits per heavy atom. The Morgan fingerprint density at radius 1 is 0.625 bits per heavy atom. The molecule has 1 aliphatic rings. The minimum atomic E-state index is -3.87. The predicted octanol–water partition coefficient (Wildman–Crippen LogP) is 13.8. The lowest BCUT2D eigenvalue weighted by Crippen LogP contribution is -2.39. The minimum absolute atomic E-state index is 0.0412. The number of aromatic nitrogens is 1. The Bertz CT molecular complexity index is 3280. The zero-order valence-corrected chi connectivity index (χ0v) is 49.0. The summed E-state index contributed by atoms with van der Waals surface area (Å²) in [6, 6.07) is 47.9. The fourth-order valence-electron chi connectivity index (χ4n) is 8.52. The van der Waals surface area contributed by atoms with Gasteiger partial charge in [0, 0.05) is 37.2 Å². The van der Waals surface area contributed by atoms with Gasteiger partial charge in [-0.05, 0) is 113 Å². The van der Waals surface area contributed by atoms with Crippen molar-refractivity contribution in [1.29, 1.82) is 0 Å². The maximum Gasteiger partial charge on any atom is 0.319 e. The topological polar surface area (TPSA) is 163 Å². The van der Waals surface area contributed by atoms with E-state index in [4.69, 9.17) is 37.0 Å². The van der Waals surface area contributed by atoms with Crippen LogP contribution < -0.4 is 0 Å². The molecule has 1 aromatic heterocycles. The molecule has 1 unspecified atom stereocenters. The van der Waals surface area contributed by atoms with E-state index in [0.717, 1.165) is 49.5 Å². The quantitative estimate of drug-likeness (QED) is 0.0319. The first-order chi connectivity index (χ1) is 38.2. The first-order valence-corrected chi connectivity index (χ1v) is 30.1.